The van der Waals surface area contributed by atoms with Crippen molar-refractivity contribution in [3.63, 3.8) is 0 Å². The molecule has 21 heavy (non-hydrogen) atoms. The Kier molecular flexibility index (Phi) is 6.55. The van der Waals surface area contributed by atoms with Gasteiger partial charge >= 0.3 is 0 Å². The topological polar surface area (TPSA) is 15.3 Å². The van der Waals surface area contributed by atoms with Crippen molar-refractivity contribution in [1.82, 2.24) is 10.2 Å². The van der Waals surface area contributed by atoms with Crippen molar-refractivity contribution < 1.29 is 0 Å². The summed E-state index contributed by atoms with van der Waals surface area (Å²) in [5, 5.41) is 3.78. The third-order valence-corrected chi connectivity index (χ3v) is 5.92. The van der Waals surface area contributed by atoms with Crippen LogP contribution in [0.5, 0.6) is 0 Å². The highest BCUT2D eigenvalue weighted by Crippen LogP contribution is 2.40. The summed E-state index contributed by atoms with van der Waals surface area (Å²) in [6, 6.07) is 0.867. The Morgan fingerprint density at radius 2 is 1.71 bits per heavy atom. The first-order valence-electron chi connectivity index (χ1n) is 9.42. The van der Waals surface area contributed by atoms with E-state index in [1.54, 1.807) is 0 Å². The van der Waals surface area contributed by atoms with Gasteiger partial charge in [-0.1, -0.05) is 46.5 Å². The Labute approximate surface area is 133 Å². The van der Waals surface area contributed by atoms with Gasteiger partial charge in [-0.15, -0.1) is 0 Å². The zero-order valence-electron chi connectivity index (χ0n) is 15.0. The molecule has 0 aliphatic heterocycles. The van der Waals surface area contributed by atoms with Gasteiger partial charge in [-0.25, -0.2) is 0 Å². The van der Waals surface area contributed by atoms with Crippen molar-refractivity contribution in [3.05, 3.63) is 0 Å². The van der Waals surface area contributed by atoms with Crippen LogP contribution < -0.4 is 5.32 Å². The molecule has 2 aliphatic rings. The zero-order valence-corrected chi connectivity index (χ0v) is 15.0. The highest BCUT2D eigenvalue weighted by atomic mass is 15.1. The lowest BCUT2D eigenvalue weighted by atomic mass is 9.70. The lowest BCUT2D eigenvalue weighted by Gasteiger charge is -2.43. The van der Waals surface area contributed by atoms with Crippen LogP contribution in [0.1, 0.15) is 72.1 Å². The molecule has 2 rings (SSSR count). The van der Waals surface area contributed by atoms with Crippen molar-refractivity contribution in [2.75, 3.05) is 26.7 Å². The fourth-order valence-corrected chi connectivity index (χ4v) is 4.39. The smallest absolute Gasteiger partial charge is 0.00924 e. The third-order valence-electron chi connectivity index (χ3n) is 5.92. The van der Waals surface area contributed by atoms with E-state index in [0.29, 0.717) is 5.41 Å². The summed E-state index contributed by atoms with van der Waals surface area (Å²) in [5.74, 6) is 1.71. The fraction of sp³-hybridized carbons (Fsp3) is 1.00. The summed E-state index contributed by atoms with van der Waals surface area (Å²) in [6.45, 7) is 10.8. The Hall–Kier alpha value is -0.0800. The normalized spacial score (nSPS) is 31.4. The third kappa shape index (κ3) is 5.25. The lowest BCUT2D eigenvalue weighted by molar-refractivity contribution is 0.0789. The van der Waals surface area contributed by atoms with E-state index in [4.69, 9.17) is 0 Å². The molecule has 0 heterocycles. The van der Waals surface area contributed by atoms with Gasteiger partial charge in [0.1, 0.15) is 0 Å². The Morgan fingerprint density at radius 3 is 2.29 bits per heavy atom. The van der Waals surface area contributed by atoms with Gasteiger partial charge in [0, 0.05) is 19.1 Å². The first kappa shape index (κ1) is 17.3. The van der Waals surface area contributed by atoms with Gasteiger partial charge in [-0.2, -0.15) is 0 Å². The number of rotatable bonds is 7. The molecule has 1 N–H and O–H groups in total. The molecule has 0 aromatic rings. The Morgan fingerprint density at radius 1 is 1.10 bits per heavy atom. The lowest BCUT2D eigenvalue weighted by Crippen LogP contribution is -2.47. The van der Waals surface area contributed by atoms with E-state index in [0.717, 1.165) is 17.9 Å². The molecule has 2 heteroatoms. The molecule has 0 atom stereocenters. The van der Waals surface area contributed by atoms with Crippen LogP contribution in [-0.4, -0.2) is 37.6 Å². The van der Waals surface area contributed by atoms with Crippen molar-refractivity contribution >= 4 is 0 Å². The minimum absolute atomic E-state index is 0.540. The van der Waals surface area contributed by atoms with Crippen LogP contribution in [-0.2, 0) is 0 Å². The quantitative estimate of drug-likeness (QED) is 0.753. The molecule has 2 saturated carbocycles. The molecule has 0 saturated heterocycles. The number of hydrogen-bond donors (Lipinski definition) is 1. The standard InChI is InChI=1S/C19H38N2/c1-16(2)13-20-14-19(11-9-17(3)10-12-19)15-21(4)18-7-5-6-8-18/h16-18,20H,5-15H2,1-4H3. The summed E-state index contributed by atoms with van der Waals surface area (Å²) < 4.78 is 0. The zero-order chi connectivity index (χ0) is 15.3. The van der Waals surface area contributed by atoms with Gasteiger partial charge in [0.15, 0.2) is 0 Å². The average Bonchev–Trinajstić information content (AvgIpc) is 2.96. The van der Waals surface area contributed by atoms with Gasteiger partial charge in [-0.3, -0.25) is 0 Å². The van der Waals surface area contributed by atoms with Crippen molar-refractivity contribution in [1.29, 1.82) is 0 Å². The molecule has 2 nitrogen and oxygen atoms in total. The minimum atomic E-state index is 0.540. The van der Waals surface area contributed by atoms with Crippen LogP contribution in [0, 0.1) is 17.3 Å². The molecule has 0 amide bonds. The van der Waals surface area contributed by atoms with E-state index in [1.165, 1.54) is 71.0 Å². The van der Waals surface area contributed by atoms with Gasteiger partial charge in [0.05, 0.1) is 0 Å². The predicted octanol–water partition coefficient (Wildman–Crippen LogP) is 4.30. The molecule has 2 aliphatic carbocycles. The van der Waals surface area contributed by atoms with E-state index in [1.807, 2.05) is 0 Å². The molecule has 0 bridgehead atoms. The highest BCUT2D eigenvalue weighted by molar-refractivity contribution is 4.91. The minimum Gasteiger partial charge on any atom is -0.316 e. The Bertz CT molecular complexity index is 286. The summed E-state index contributed by atoms with van der Waals surface area (Å²) >= 11 is 0. The number of nitrogens with zero attached hydrogens (tertiary/aromatic N) is 1. The molecule has 0 aromatic carbocycles. The van der Waals surface area contributed by atoms with Gasteiger partial charge < -0.3 is 10.2 Å². The molecular weight excluding hydrogens is 256 g/mol. The van der Waals surface area contributed by atoms with Crippen LogP contribution in [0.3, 0.4) is 0 Å². The van der Waals surface area contributed by atoms with E-state index in [-0.39, 0.29) is 0 Å². The van der Waals surface area contributed by atoms with Crippen molar-refractivity contribution in [3.8, 4) is 0 Å². The largest absolute Gasteiger partial charge is 0.316 e. The van der Waals surface area contributed by atoms with Crippen molar-refractivity contribution in [2.24, 2.45) is 17.3 Å². The maximum Gasteiger partial charge on any atom is 0.00924 e. The first-order valence-corrected chi connectivity index (χ1v) is 9.42. The maximum absolute atomic E-state index is 3.78. The molecule has 0 radical (unpaired) electrons. The molecule has 2 fully saturated rings. The van der Waals surface area contributed by atoms with Crippen LogP contribution >= 0.6 is 0 Å². The second-order valence-electron chi connectivity index (χ2n) is 8.56. The molecule has 124 valence electrons. The summed E-state index contributed by atoms with van der Waals surface area (Å²) in [7, 11) is 2.39. The van der Waals surface area contributed by atoms with E-state index >= 15 is 0 Å². The summed E-state index contributed by atoms with van der Waals surface area (Å²) in [4.78, 5) is 2.71. The number of hydrogen-bond acceptors (Lipinski definition) is 2. The molecular formula is C19H38N2. The van der Waals surface area contributed by atoms with Crippen LogP contribution in [0.4, 0.5) is 0 Å². The van der Waals surface area contributed by atoms with Gasteiger partial charge in [0.2, 0.25) is 0 Å². The van der Waals surface area contributed by atoms with E-state index in [9.17, 15) is 0 Å². The monoisotopic (exact) mass is 294 g/mol. The second kappa shape index (κ2) is 7.97. The van der Waals surface area contributed by atoms with Gasteiger partial charge in [-0.05, 0) is 56.5 Å². The van der Waals surface area contributed by atoms with Crippen LogP contribution in [0.2, 0.25) is 0 Å². The summed E-state index contributed by atoms with van der Waals surface area (Å²) in [5.41, 5.74) is 0.540. The highest BCUT2D eigenvalue weighted by Gasteiger charge is 2.36. The molecule has 0 aromatic heterocycles. The molecule has 0 unspecified atom stereocenters. The molecule has 0 spiro atoms. The predicted molar refractivity (Wildman–Crippen MR) is 92.7 cm³/mol. The second-order valence-corrected chi connectivity index (χ2v) is 8.56. The fourth-order valence-electron chi connectivity index (χ4n) is 4.39. The average molecular weight is 295 g/mol. The summed E-state index contributed by atoms with van der Waals surface area (Å²) in [6.07, 6.45) is 11.5. The first-order chi connectivity index (χ1) is 10.0. The number of nitrogens with one attached hydrogen (secondary N) is 1. The van der Waals surface area contributed by atoms with Crippen LogP contribution in [0.15, 0.2) is 0 Å². The maximum atomic E-state index is 3.78. The van der Waals surface area contributed by atoms with Gasteiger partial charge in [0.25, 0.3) is 0 Å². The van der Waals surface area contributed by atoms with E-state index < -0.39 is 0 Å². The SMILES string of the molecule is CC(C)CNCC1(CN(C)C2CCCC2)CCC(C)CC1. The van der Waals surface area contributed by atoms with E-state index in [2.05, 4.69) is 38.0 Å². The van der Waals surface area contributed by atoms with Crippen LogP contribution in [0.25, 0.3) is 0 Å². The Balaban J connectivity index is 1.90. The van der Waals surface area contributed by atoms with Crippen molar-refractivity contribution in [2.45, 2.75) is 78.2 Å².